The first kappa shape index (κ1) is 17.2. The molecule has 1 aliphatic rings. The Kier molecular flexibility index (Phi) is 4.79. The third-order valence-electron chi connectivity index (χ3n) is 4.45. The van der Waals surface area contributed by atoms with Crippen LogP contribution in [0.3, 0.4) is 0 Å². The average Bonchev–Trinajstić information content (AvgIpc) is 3.00. The van der Waals surface area contributed by atoms with Gasteiger partial charge in [-0.15, -0.1) is 11.3 Å². The number of nitrogens with zero attached hydrogens (tertiary/aromatic N) is 1. The largest absolute Gasteiger partial charge is 0.330 e. The predicted molar refractivity (Wildman–Crippen MR) is 101 cm³/mol. The van der Waals surface area contributed by atoms with E-state index in [2.05, 4.69) is 68.7 Å². The molecule has 0 radical (unpaired) electrons. The first-order valence-electron chi connectivity index (χ1n) is 8.52. The van der Waals surface area contributed by atoms with Crippen LogP contribution in [-0.2, 0) is 11.2 Å². The minimum atomic E-state index is -0.0572. The summed E-state index contributed by atoms with van der Waals surface area (Å²) in [5.41, 5.74) is 3.67. The third-order valence-corrected chi connectivity index (χ3v) is 5.45. The molecule has 1 amide bonds. The van der Waals surface area contributed by atoms with Gasteiger partial charge in [-0.1, -0.05) is 29.8 Å². The summed E-state index contributed by atoms with van der Waals surface area (Å²) in [7, 11) is 0. The monoisotopic (exact) mass is 342 g/mol. The lowest BCUT2D eigenvalue weighted by Gasteiger charge is -2.37. The number of nitrogens with one attached hydrogen (secondary N) is 1. The molecule has 4 heteroatoms. The van der Waals surface area contributed by atoms with Crippen LogP contribution in [0.1, 0.15) is 48.4 Å². The molecule has 0 saturated carbocycles. The summed E-state index contributed by atoms with van der Waals surface area (Å²) in [6, 6.07) is 10.8. The normalized spacial score (nSPS) is 17.7. The lowest BCUT2D eigenvalue weighted by molar-refractivity contribution is -0.132. The first-order valence-corrected chi connectivity index (χ1v) is 9.40. The Morgan fingerprint density at radius 2 is 1.96 bits per heavy atom. The standard InChI is InChI=1S/C20H26N2OS/c1-14-5-7-15(8-6-14)19-16-10-12-24-17(16)9-11-22(19)18(23)13-21-20(2,3)4/h5-8,10,12,19,21H,9,11,13H2,1-4H3. The molecule has 0 aliphatic carbocycles. The Balaban J connectivity index is 1.90. The summed E-state index contributed by atoms with van der Waals surface area (Å²) in [6.07, 6.45) is 0.955. The van der Waals surface area contributed by atoms with Gasteiger partial charge in [0, 0.05) is 17.0 Å². The lowest BCUT2D eigenvalue weighted by atomic mass is 9.92. The van der Waals surface area contributed by atoms with Crippen LogP contribution in [0.5, 0.6) is 0 Å². The maximum absolute atomic E-state index is 12.9. The van der Waals surface area contributed by atoms with Gasteiger partial charge in [-0.3, -0.25) is 4.79 Å². The summed E-state index contributed by atoms with van der Waals surface area (Å²) in [4.78, 5) is 16.3. The van der Waals surface area contributed by atoms with Gasteiger partial charge in [-0.05, 0) is 56.7 Å². The fraction of sp³-hybridized carbons (Fsp3) is 0.450. The van der Waals surface area contributed by atoms with Crippen molar-refractivity contribution < 1.29 is 4.79 Å². The minimum absolute atomic E-state index is 0.0369. The number of aryl methyl sites for hydroxylation is 1. The van der Waals surface area contributed by atoms with E-state index in [1.54, 1.807) is 11.3 Å². The van der Waals surface area contributed by atoms with E-state index in [1.165, 1.54) is 21.6 Å². The molecule has 0 spiro atoms. The molecule has 1 aliphatic heterocycles. The van der Waals surface area contributed by atoms with Crippen molar-refractivity contribution in [2.24, 2.45) is 0 Å². The van der Waals surface area contributed by atoms with E-state index in [4.69, 9.17) is 0 Å². The smallest absolute Gasteiger partial charge is 0.237 e. The number of thiophene rings is 1. The van der Waals surface area contributed by atoms with E-state index < -0.39 is 0 Å². The van der Waals surface area contributed by atoms with Crippen LogP contribution in [0.2, 0.25) is 0 Å². The zero-order valence-corrected chi connectivity index (χ0v) is 15.7. The van der Waals surface area contributed by atoms with Gasteiger partial charge in [0.05, 0.1) is 12.6 Å². The van der Waals surface area contributed by atoms with Crippen LogP contribution in [-0.4, -0.2) is 29.4 Å². The molecule has 2 aromatic rings. The van der Waals surface area contributed by atoms with Crippen LogP contribution >= 0.6 is 11.3 Å². The van der Waals surface area contributed by atoms with Crippen LogP contribution in [0, 0.1) is 6.92 Å². The highest BCUT2D eigenvalue weighted by atomic mass is 32.1. The zero-order valence-electron chi connectivity index (χ0n) is 14.9. The average molecular weight is 343 g/mol. The van der Waals surface area contributed by atoms with Crippen molar-refractivity contribution in [2.45, 2.75) is 45.7 Å². The summed E-state index contributed by atoms with van der Waals surface area (Å²) in [6.45, 7) is 9.53. The van der Waals surface area contributed by atoms with E-state index >= 15 is 0 Å². The topological polar surface area (TPSA) is 32.3 Å². The van der Waals surface area contributed by atoms with Crippen LogP contribution in [0.25, 0.3) is 0 Å². The Bertz CT molecular complexity index is 712. The molecular weight excluding hydrogens is 316 g/mol. The molecule has 0 saturated heterocycles. The van der Waals surface area contributed by atoms with Crippen LogP contribution < -0.4 is 5.32 Å². The maximum atomic E-state index is 12.9. The molecule has 3 nitrogen and oxygen atoms in total. The van der Waals surface area contributed by atoms with E-state index in [0.717, 1.165) is 13.0 Å². The molecule has 24 heavy (non-hydrogen) atoms. The van der Waals surface area contributed by atoms with Gasteiger partial charge < -0.3 is 10.2 Å². The quantitative estimate of drug-likeness (QED) is 0.917. The SMILES string of the molecule is Cc1ccc(C2c3ccsc3CCN2C(=O)CNC(C)(C)C)cc1. The number of carbonyl (C=O) groups excluding carboxylic acids is 1. The van der Waals surface area contributed by atoms with Gasteiger partial charge in [0.2, 0.25) is 5.91 Å². The summed E-state index contributed by atoms with van der Waals surface area (Å²) >= 11 is 1.80. The number of benzene rings is 1. The molecule has 2 heterocycles. The predicted octanol–water partition coefficient (Wildman–Crippen LogP) is 3.92. The molecule has 0 bridgehead atoms. The fourth-order valence-electron chi connectivity index (χ4n) is 3.14. The van der Waals surface area contributed by atoms with Crippen LogP contribution in [0.4, 0.5) is 0 Å². The molecule has 128 valence electrons. The molecule has 1 aromatic heterocycles. The van der Waals surface area contributed by atoms with E-state index in [0.29, 0.717) is 6.54 Å². The van der Waals surface area contributed by atoms with Gasteiger partial charge in [-0.25, -0.2) is 0 Å². The van der Waals surface area contributed by atoms with Gasteiger partial charge in [0.1, 0.15) is 0 Å². The number of carbonyl (C=O) groups is 1. The second kappa shape index (κ2) is 6.69. The molecule has 0 fully saturated rings. The number of fused-ring (bicyclic) bond motifs is 1. The molecule has 3 rings (SSSR count). The fourth-order valence-corrected chi connectivity index (χ4v) is 4.04. The van der Waals surface area contributed by atoms with Crippen molar-refractivity contribution in [1.29, 1.82) is 0 Å². The van der Waals surface area contributed by atoms with E-state index in [1.807, 2.05) is 4.90 Å². The summed E-state index contributed by atoms with van der Waals surface area (Å²) < 4.78 is 0. The molecular formula is C20H26N2OS. The Labute approximate surface area is 148 Å². The second-order valence-corrected chi connectivity index (χ2v) is 8.55. The third kappa shape index (κ3) is 3.70. The Morgan fingerprint density at radius 1 is 1.25 bits per heavy atom. The minimum Gasteiger partial charge on any atom is -0.330 e. The number of amides is 1. The highest BCUT2D eigenvalue weighted by Crippen LogP contribution is 2.37. The maximum Gasteiger partial charge on any atom is 0.237 e. The molecule has 1 unspecified atom stereocenters. The second-order valence-electron chi connectivity index (χ2n) is 7.55. The lowest BCUT2D eigenvalue weighted by Crippen LogP contribution is -2.48. The molecule has 1 atom stereocenters. The van der Waals surface area contributed by atoms with Gasteiger partial charge >= 0.3 is 0 Å². The number of hydrogen-bond donors (Lipinski definition) is 1. The summed E-state index contributed by atoms with van der Waals surface area (Å²) in [5.74, 6) is 0.173. The molecule has 1 N–H and O–H groups in total. The number of hydrogen-bond acceptors (Lipinski definition) is 3. The van der Waals surface area contributed by atoms with Gasteiger partial charge in [0.15, 0.2) is 0 Å². The van der Waals surface area contributed by atoms with Crippen molar-refractivity contribution in [3.63, 3.8) is 0 Å². The first-order chi connectivity index (χ1) is 11.3. The van der Waals surface area contributed by atoms with Crippen molar-refractivity contribution in [1.82, 2.24) is 10.2 Å². The van der Waals surface area contributed by atoms with Crippen molar-refractivity contribution in [2.75, 3.05) is 13.1 Å². The Hall–Kier alpha value is -1.65. The highest BCUT2D eigenvalue weighted by Gasteiger charge is 2.32. The van der Waals surface area contributed by atoms with Crippen molar-refractivity contribution in [3.8, 4) is 0 Å². The van der Waals surface area contributed by atoms with Gasteiger partial charge in [0.25, 0.3) is 0 Å². The summed E-state index contributed by atoms with van der Waals surface area (Å²) in [5, 5.41) is 5.48. The molecule has 1 aromatic carbocycles. The van der Waals surface area contributed by atoms with E-state index in [-0.39, 0.29) is 17.5 Å². The van der Waals surface area contributed by atoms with Crippen molar-refractivity contribution in [3.05, 3.63) is 57.3 Å². The van der Waals surface area contributed by atoms with Crippen LogP contribution in [0.15, 0.2) is 35.7 Å². The van der Waals surface area contributed by atoms with E-state index in [9.17, 15) is 4.79 Å². The number of rotatable bonds is 3. The zero-order chi connectivity index (χ0) is 17.3. The highest BCUT2D eigenvalue weighted by molar-refractivity contribution is 7.10. The Morgan fingerprint density at radius 3 is 2.62 bits per heavy atom. The van der Waals surface area contributed by atoms with Gasteiger partial charge in [-0.2, -0.15) is 0 Å². The van der Waals surface area contributed by atoms with Crippen molar-refractivity contribution >= 4 is 17.2 Å².